The molecule has 1 aromatic rings. The number of amides is 1. The van der Waals surface area contributed by atoms with Gasteiger partial charge in [0, 0.05) is 11.3 Å². The molecule has 5 rings (SSSR count). The number of rotatable bonds is 9. The largest absolute Gasteiger partial charge is 0.481 e. The van der Waals surface area contributed by atoms with E-state index in [0.717, 1.165) is 17.7 Å². The van der Waals surface area contributed by atoms with Crippen LogP contribution in [-0.4, -0.2) is 42.2 Å². The molecule has 6 nitrogen and oxygen atoms in total. The van der Waals surface area contributed by atoms with E-state index in [1.54, 1.807) is 11.3 Å². The van der Waals surface area contributed by atoms with Crippen molar-refractivity contribution < 1.29 is 23.6 Å². The van der Waals surface area contributed by atoms with E-state index < -0.39 is 12.7 Å². The highest BCUT2D eigenvalue weighted by Gasteiger charge is 2.68. The minimum Gasteiger partial charge on any atom is -0.460 e. The fourth-order valence-corrected chi connectivity index (χ4v) is 7.11. The number of nitrogens with one attached hydrogen (secondary N) is 1. The molecule has 0 radical (unpaired) electrons. The molecule has 1 saturated heterocycles. The number of hydrogen-bond donors (Lipinski definition) is 1. The minimum atomic E-state index is -0.485. The fourth-order valence-electron chi connectivity index (χ4n) is 6.41. The van der Waals surface area contributed by atoms with Gasteiger partial charge in [-0.3, -0.25) is 9.59 Å². The van der Waals surface area contributed by atoms with Crippen molar-refractivity contribution >= 4 is 30.3 Å². The summed E-state index contributed by atoms with van der Waals surface area (Å²) in [5.74, 6) is 0.816. The molecule has 6 atom stereocenters. The molecule has 1 amide bonds. The molecular weight excluding hydrogens is 461 g/mol. The predicted molar refractivity (Wildman–Crippen MR) is 139 cm³/mol. The Morgan fingerprint density at radius 3 is 2.63 bits per heavy atom. The highest BCUT2D eigenvalue weighted by molar-refractivity contribution is 7.10. The third-order valence-corrected chi connectivity index (χ3v) is 9.34. The Labute approximate surface area is 215 Å². The van der Waals surface area contributed by atoms with Crippen LogP contribution in [0.2, 0.25) is 0 Å². The summed E-state index contributed by atoms with van der Waals surface area (Å²) in [6.07, 6.45) is 4.45. The zero-order valence-corrected chi connectivity index (χ0v) is 23.2. The third kappa shape index (κ3) is 5.80. The predicted octanol–water partition coefficient (Wildman–Crippen LogP) is 5.19. The Balaban J connectivity index is 1.41. The number of esters is 1. The van der Waals surface area contributed by atoms with Gasteiger partial charge in [0.25, 0.3) is 0 Å². The van der Waals surface area contributed by atoms with Crippen molar-refractivity contribution in [3.63, 3.8) is 0 Å². The second kappa shape index (κ2) is 9.83. The van der Waals surface area contributed by atoms with E-state index in [0.29, 0.717) is 31.1 Å². The lowest BCUT2D eigenvalue weighted by molar-refractivity contribution is -0.199. The van der Waals surface area contributed by atoms with Crippen molar-refractivity contribution in [2.24, 2.45) is 23.2 Å². The van der Waals surface area contributed by atoms with Crippen LogP contribution in [0.1, 0.15) is 85.4 Å². The van der Waals surface area contributed by atoms with Crippen molar-refractivity contribution in [3.8, 4) is 0 Å². The first-order valence-electron chi connectivity index (χ1n) is 13.1. The molecule has 1 aromatic heterocycles. The van der Waals surface area contributed by atoms with Gasteiger partial charge in [0.2, 0.25) is 5.91 Å². The molecule has 194 valence electrons. The van der Waals surface area contributed by atoms with Crippen LogP contribution in [0, 0.1) is 23.2 Å². The normalized spacial score (nSPS) is 30.7. The molecule has 4 aliphatic rings. The zero-order valence-electron chi connectivity index (χ0n) is 22.4. The Morgan fingerprint density at radius 1 is 1.26 bits per heavy atom. The molecule has 0 aromatic carbocycles. The lowest BCUT2D eigenvalue weighted by Crippen LogP contribution is -2.65. The standard InChI is InChI=1S/C27H42BNO5S/c1-17(13-24(31)32-25(2,3)4)10-11-22(29-23(30)16-19-9-8-12-35-19)28-33-21-15-18-14-20(26(18,5)6)27(21,7)34-28/h8-9,12,17-18,20-22H,10-11,13-16H2,1-7H3,(H,29,30)/t17?,18-,20-,21+,22-,27-/m0/s1. The van der Waals surface area contributed by atoms with Gasteiger partial charge in [0.05, 0.1) is 24.1 Å². The number of carbonyl (C=O) groups is 2. The average Bonchev–Trinajstić information content (AvgIpc) is 3.35. The maximum absolute atomic E-state index is 12.9. The van der Waals surface area contributed by atoms with Gasteiger partial charge in [-0.15, -0.1) is 11.3 Å². The van der Waals surface area contributed by atoms with E-state index in [1.165, 1.54) is 6.42 Å². The number of thiophene rings is 1. The van der Waals surface area contributed by atoms with Crippen LogP contribution in [0.5, 0.6) is 0 Å². The van der Waals surface area contributed by atoms with Gasteiger partial charge in [-0.05, 0) is 88.0 Å². The van der Waals surface area contributed by atoms with Crippen LogP contribution in [-0.2, 0) is 30.1 Å². The summed E-state index contributed by atoms with van der Waals surface area (Å²) in [7, 11) is -0.471. The lowest BCUT2D eigenvalue weighted by atomic mass is 9.43. The number of carbonyl (C=O) groups excluding carboxylic acids is 2. The van der Waals surface area contributed by atoms with Gasteiger partial charge in [-0.1, -0.05) is 26.8 Å². The van der Waals surface area contributed by atoms with Gasteiger partial charge in [0.15, 0.2) is 0 Å². The summed E-state index contributed by atoms with van der Waals surface area (Å²) in [5, 5.41) is 5.21. The van der Waals surface area contributed by atoms with Gasteiger partial charge in [-0.25, -0.2) is 0 Å². The molecule has 8 heteroatoms. The van der Waals surface area contributed by atoms with E-state index in [-0.39, 0.29) is 40.9 Å². The van der Waals surface area contributed by atoms with E-state index in [4.69, 9.17) is 14.0 Å². The number of ether oxygens (including phenoxy) is 1. The van der Waals surface area contributed by atoms with Crippen molar-refractivity contribution in [2.45, 2.75) is 110 Å². The van der Waals surface area contributed by atoms with Gasteiger partial charge >= 0.3 is 13.1 Å². The van der Waals surface area contributed by atoms with Crippen molar-refractivity contribution in [1.82, 2.24) is 5.32 Å². The van der Waals surface area contributed by atoms with Crippen molar-refractivity contribution in [2.75, 3.05) is 0 Å². The first-order valence-corrected chi connectivity index (χ1v) is 14.0. The van der Waals surface area contributed by atoms with Crippen LogP contribution in [0.25, 0.3) is 0 Å². The Kier molecular flexibility index (Phi) is 7.49. The first kappa shape index (κ1) is 26.7. The van der Waals surface area contributed by atoms with Crippen LogP contribution in [0.15, 0.2) is 17.5 Å². The summed E-state index contributed by atoms with van der Waals surface area (Å²) in [5.41, 5.74) is -0.536. The first-order chi connectivity index (χ1) is 16.3. The molecule has 4 fully saturated rings. The topological polar surface area (TPSA) is 73.9 Å². The summed E-state index contributed by atoms with van der Waals surface area (Å²) >= 11 is 1.59. The van der Waals surface area contributed by atoms with Crippen LogP contribution in [0.4, 0.5) is 0 Å². The molecular formula is C27H42BNO5S. The maximum Gasteiger partial charge on any atom is 0.481 e. The minimum absolute atomic E-state index is 0.0194. The monoisotopic (exact) mass is 503 g/mol. The average molecular weight is 504 g/mol. The smallest absolute Gasteiger partial charge is 0.460 e. The van der Waals surface area contributed by atoms with E-state index >= 15 is 0 Å². The van der Waals surface area contributed by atoms with Crippen LogP contribution < -0.4 is 5.32 Å². The Morgan fingerprint density at radius 2 is 2.00 bits per heavy atom. The second-order valence-electron chi connectivity index (χ2n) is 12.7. The SMILES string of the molecule is CC(CC[C@H](NC(=O)Cc1cccs1)B1O[C@@H]2C[C@@H]3C[C@@H](C3(C)C)[C@]2(C)O1)CC(=O)OC(C)(C)C. The zero-order chi connectivity index (χ0) is 25.6. The molecule has 35 heavy (non-hydrogen) atoms. The molecule has 1 aliphatic heterocycles. The van der Waals surface area contributed by atoms with E-state index in [9.17, 15) is 9.59 Å². The Hall–Kier alpha value is -1.38. The molecule has 3 saturated carbocycles. The summed E-state index contributed by atoms with van der Waals surface area (Å²) in [4.78, 5) is 26.3. The van der Waals surface area contributed by atoms with Crippen LogP contribution in [0.3, 0.4) is 0 Å². The highest BCUT2D eigenvalue weighted by atomic mass is 32.1. The fraction of sp³-hybridized carbons (Fsp3) is 0.778. The number of hydrogen-bond acceptors (Lipinski definition) is 6. The summed E-state index contributed by atoms with van der Waals surface area (Å²) in [6, 6.07) is 3.95. The van der Waals surface area contributed by atoms with Crippen LogP contribution >= 0.6 is 11.3 Å². The van der Waals surface area contributed by atoms with Crippen molar-refractivity contribution in [3.05, 3.63) is 22.4 Å². The summed E-state index contributed by atoms with van der Waals surface area (Å²) < 4.78 is 18.7. The highest BCUT2D eigenvalue weighted by Crippen LogP contribution is 2.65. The quantitative estimate of drug-likeness (QED) is 0.371. The van der Waals surface area contributed by atoms with Gasteiger partial charge < -0.3 is 19.4 Å². The Bertz CT molecular complexity index is 913. The van der Waals surface area contributed by atoms with Gasteiger partial charge in [0.1, 0.15) is 5.60 Å². The van der Waals surface area contributed by atoms with Gasteiger partial charge in [-0.2, -0.15) is 0 Å². The van der Waals surface area contributed by atoms with E-state index in [2.05, 4.69) is 33.0 Å². The third-order valence-electron chi connectivity index (χ3n) is 8.46. The molecule has 2 heterocycles. The molecule has 3 aliphatic carbocycles. The molecule has 1 N–H and O–H groups in total. The molecule has 1 unspecified atom stereocenters. The van der Waals surface area contributed by atoms with E-state index in [1.807, 2.05) is 38.3 Å². The maximum atomic E-state index is 12.9. The van der Waals surface area contributed by atoms with Crippen molar-refractivity contribution in [1.29, 1.82) is 0 Å². The lowest BCUT2D eigenvalue weighted by Gasteiger charge is -2.64. The molecule has 2 bridgehead atoms. The summed E-state index contributed by atoms with van der Waals surface area (Å²) in [6.45, 7) is 14.6. The molecule has 0 spiro atoms. The second-order valence-corrected chi connectivity index (χ2v) is 13.8.